The molecule has 2 aromatic carbocycles. The first kappa shape index (κ1) is 19.3. The lowest BCUT2D eigenvalue weighted by Gasteiger charge is -2.04. The molecule has 1 amide bonds. The first-order valence-electron chi connectivity index (χ1n) is 9.18. The summed E-state index contributed by atoms with van der Waals surface area (Å²) in [4.78, 5) is 31.1. The van der Waals surface area contributed by atoms with E-state index in [-0.39, 0.29) is 24.3 Å². The van der Waals surface area contributed by atoms with Crippen molar-refractivity contribution in [3.8, 4) is 5.75 Å². The van der Waals surface area contributed by atoms with Crippen LogP contribution in [0.3, 0.4) is 0 Å². The standard InChI is InChI=1S/C21H22N4O3/c1-2-13-28-16-9-7-15(8-10-16)14-22-25-20(26)12-11-19-21(27)24-18-6-4-3-5-17(18)23-19/h3-10,14H,2,11-13H2,1H3,(H,24,27)(H,25,26)/b22-14-. The number of amides is 1. The Morgan fingerprint density at radius 1 is 1.21 bits per heavy atom. The van der Waals surface area contributed by atoms with Crippen molar-refractivity contribution in [2.24, 2.45) is 5.10 Å². The molecule has 0 atom stereocenters. The van der Waals surface area contributed by atoms with Gasteiger partial charge in [-0.25, -0.2) is 10.4 Å². The maximum absolute atomic E-state index is 12.0. The molecule has 1 aromatic heterocycles. The van der Waals surface area contributed by atoms with E-state index in [0.29, 0.717) is 23.3 Å². The van der Waals surface area contributed by atoms with E-state index in [1.54, 1.807) is 12.3 Å². The average molecular weight is 378 g/mol. The quantitative estimate of drug-likeness (QED) is 0.465. The molecule has 3 aromatic rings. The molecule has 0 saturated carbocycles. The number of hydrazone groups is 1. The van der Waals surface area contributed by atoms with Gasteiger partial charge in [-0.3, -0.25) is 9.59 Å². The molecule has 0 unspecified atom stereocenters. The number of aromatic nitrogens is 2. The zero-order valence-electron chi connectivity index (χ0n) is 15.6. The summed E-state index contributed by atoms with van der Waals surface area (Å²) in [5.41, 5.74) is 4.74. The van der Waals surface area contributed by atoms with Crippen LogP contribution in [0.5, 0.6) is 5.75 Å². The summed E-state index contributed by atoms with van der Waals surface area (Å²) in [6.45, 7) is 2.73. The van der Waals surface area contributed by atoms with Crippen molar-refractivity contribution in [1.29, 1.82) is 0 Å². The van der Waals surface area contributed by atoms with Gasteiger partial charge in [-0.05, 0) is 48.4 Å². The largest absolute Gasteiger partial charge is 0.494 e. The normalized spacial score (nSPS) is 11.0. The second kappa shape index (κ2) is 9.45. The van der Waals surface area contributed by atoms with E-state index in [0.717, 1.165) is 17.7 Å². The van der Waals surface area contributed by atoms with E-state index >= 15 is 0 Å². The number of hydrogen-bond acceptors (Lipinski definition) is 5. The van der Waals surface area contributed by atoms with Gasteiger partial charge in [-0.15, -0.1) is 0 Å². The fourth-order valence-corrected chi connectivity index (χ4v) is 2.57. The van der Waals surface area contributed by atoms with E-state index in [2.05, 4.69) is 27.4 Å². The van der Waals surface area contributed by atoms with Crippen LogP contribution in [-0.4, -0.2) is 28.7 Å². The molecular formula is C21H22N4O3. The minimum absolute atomic E-state index is 0.121. The van der Waals surface area contributed by atoms with Crippen molar-refractivity contribution in [3.05, 3.63) is 70.1 Å². The number of aromatic amines is 1. The molecule has 144 valence electrons. The lowest BCUT2D eigenvalue weighted by molar-refractivity contribution is -0.121. The van der Waals surface area contributed by atoms with Gasteiger partial charge in [-0.2, -0.15) is 5.10 Å². The molecule has 0 aliphatic heterocycles. The number of carbonyl (C=O) groups excluding carboxylic acids is 1. The highest BCUT2D eigenvalue weighted by Crippen LogP contribution is 2.11. The maximum atomic E-state index is 12.0. The Morgan fingerprint density at radius 2 is 2.00 bits per heavy atom. The first-order valence-corrected chi connectivity index (χ1v) is 9.18. The van der Waals surface area contributed by atoms with Crippen molar-refractivity contribution in [3.63, 3.8) is 0 Å². The molecule has 2 N–H and O–H groups in total. The average Bonchev–Trinajstić information content (AvgIpc) is 2.71. The highest BCUT2D eigenvalue weighted by Gasteiger charge is 2.07. The van der Waals surface area contributed by atoms with Crippen LogP contribution in [0.15, 0.2) is 58.4 Å². The highest BCUT2D eigenvalue weighted by molar-refractivity contribution is 5.82. The molecule has 7 heteroatoms. The van der Waals surface area contributed by atoms with E-state index < -0.39 is 0 Å². The van der Waals surface area contributed by atoms with Gasteiger partial charge in [0, 0.05) is 12.8 Å². The number of carbonyl (C=O) groups is 1. The molecule has 3 rings (SSSR count). The van der Waals surface area contributed by atoms with E-state index in [1.165, 1.54) is 0 Å². The Labute approximate surface area is 162 Å². The molecule has 0 aliphatic rings. The van der Waals surface area contributed by atoms with Gasteiger partial charge in [0.25, 0.3) is 5.56 Å². The fourth-order valence-electron chi connectivity index (χ4n) is 2.57. The number of para-hydroxylation sites is 2. The van der Waals surface area contributed by atoms with Gasteiger partial charge in [0.05, 0.1) is 23.9 Å². The number of nitrogens with one attached hydrogen (secondary N) is 2. The molecule has 0 radical (unpaired) electrons. The summed E-state index contributed by atoms with van der Waals surface area (Å²) in [7, 11) is 0. The van der Waals surface area contributed by atoms with Crippen molar-refractivity contribution in [1.82, 2.24) is 15.4 Å². The monoisotopic (exact) mass is 378 g/mol. The lowest BCUT2D eigenvalue weighted by atomic mass is 10.2. The molecule has 0 aliphatic carbocycles. The van der Waals surface area contributed by atoms with E-state index in [9.17, 15) is 9.59 Å². The Bertz CT molecular complexity index is 1030. The van der Waals surface area contributed by atoms with Gasteiger partial charge < -0.3 is 9.72 Å². The Balaban J connectivity index is 1.51. The molecule has 0 saturated heterocycles. The second-order valence-electron chi connectivity index (χ2n) is 6.24. The summed E-state index contributed by atoms with van der Waals surface area (Å²) in [6.07, 6.45) is 2.87. The number of benzene rings is 2. The van der Waals surface area contributed by atoms with Crippen LogP contribution in [0.2, 0.25) is 0 Å². The first-order chi connectivity index (χ1) is 13.7. The third-order valence-corrected chi connectivity index (χ3v) is 4.01. The number of H-pyrrole nitrogens is 1. The third kappa shape index (κ3) is 5.26. The Kier molecular flexibility index (Phi) is 6.51. The number of hydrogen-bond donors (Lipinski definition) is 2. The SMILES string of the molecule is CCCOc1ccc(/C=N\NC(=O)CCc2nc3ccccc3[nH]c2=O)cc1. The van der Waals surface area contributed by atoms with E-state index in [1.807, 2.05) is 42.5 Å². The molecule has 7 nitrogen and oxygen atoms in total. The number of aryl methyl sites for hydroxylation is 1. The zero-order valence-corrected chi connectivity index (χ0v) is 15.6. The number of rotatable bonds is 8. The third-order valence-electron chi connectivity index (χ3n) is 4.01. The van der Waals surface area contributed by atoms with Crippen molar-refractivity contribution in [2.45, 2.75) is 26.2 Å². The van der Waals surface area contributed by atoms with Crippen LogP contribution >= 0.6 is 0 Å². The number of ether oxygens (including phenoxy) is 1. The molecule has 1 heterocycles. The van der Waals surface area contributed by atoms with Crippen LogP contribution < -0.4 is 15.7 Å². The van der Waals surface area contributed by atoms with Crippen LogP contribution in [-0.2, 0) is 11.2 Å². The van der Waals surface area contributed by atoms with Gasteiger partial charge in [-0.1, -0.05) is 19.1 Å². The van der Waals surface area contributed by atoms with Crippen molar-refractivity contribution in [2.75, 3.05) is 6.61 Å². The molecule has 0 fully saturated rings. The zero-order chi connectivity index (χ0) is 19.8. The van der Waals surface area contributed by atoms with Crippen LogP contribution in [0.1, 0.15) is 31.0 Å². The van der Waals surface area contributed by atoms with Gasteiger partial charge >= 0.3 is 0 Å². The minimum Gasteiger partial charge on any atom is -0.494 e. The van der Waals surface area contributed by atoms with Crippen molar-refractivity contribution >= 4 is 23.2 Å². The fraction of sp³-hybridized carbons (Fsp3) is 0.238. The van der Waals surface area contributed by atoms with Gasteiger partial charge in [0.15, 0.2) is 0 Å². The predicted octanol–water partition coefficient (Wildman–Crippen LogP) is 2.79. The lowest BCUT2D eigenvalue weighted by Crippen LogP contribution is -2.21. The molecular weight excluding hydrogens is 356 g/mol. The number of nitrogens with zero attached hydrogens (tertiary/aromatic N) is 2. The number of fused-ring (bicyclic) bond motifs is 1. The van der Waals surface area contributed by atoms with Crippen LogP contribution in [0.25, 0.3) is 11.0 Å². The van der Waals surface area contributed by atoms with E-state index in [4.69, 9.17) is 4.74 Å². The predicted molar refractivity (Wildman–Crippen MR) is 109 cm³/mol. The summed E-state index contributed by atoms with van der Waals surface area (Å²) in [5, 5.41) is 3.95. The molecule has 28 heavy (non-hydrogen) atoms. The van der Waals surface area contributed by atoms with Crippen LogP contribution in [0.4, 0.5) is 0 Å². The van der Waals surface area contributed by atoms with Crippen LogP contribution in [0, 0.1) is 0 Å². The smallest absolute Gasteiger partial charge is 0.270 e. The Morgan fingerprint density at radius 3 is 2.79 bits per heavy atom. The van der Waals surface area contributed by atoms with Gasteiger partial charge in [0.1, 0.15) is 11.4 Å². The van der Waals surface area contributed by atoms with Crippen molar-refractivity contribution < 1.29 is 9.53 Å². The summed E-state index contributed by atoms with van der Waals surface area (Å²) in [5.74, 6) is 0.518. The Hall–Kier alpha value is -3.48. The minimum atomic E-state index is -0.284. The summed E-state index contributed by atoms with van der Waals surface area (Å²) in [6, 6.07) is 14.7. The van der Waals surface area contributed by atoms with Gasteiger partial charge in [0.2, 0.25) is 5.91 Å². The second-order valence-corrected chi connectivity index (χ2v) is 6.24. The summed E-state index contributed by atoms with van der Waals surface area (Å²) >= 11 is 0. The topological polar surface area (TPSA) is 96.4 Å². The molecule has 0 bridgehead atoms. The molecule has 0 spiro atoms. The summed E-state index contributed by atoms with van der Waals surface area (Å²) < 4.78 is 5.51. The maximum Gasteiger partial charge on any atom is 0.270 e. The highest BCUT2D eigenvalue weighted by atomic mass is 16.5.